The molecule has 2 aromatic carbocycles. The van der Waals surface area contributed by atoms with Crippen molar-refractivity contribution in [1.29, 1.82) is 0 Å². The Kier molecular flexibility index (Phi) is 4.90. The van der Waals surface area contributed by atoms with Crippen molar-refractivity contribution in [2.24, 2.45) is 0 Å². The third kappa shape index (κ3) is 3.71. The molecule has 27 heavy (non-hydrogen) atoms. The van der Waals surface area contributed by atoms with Gasteiger partial charge in [0.2, 0.25) is 4.96 Å². The van der Waals surface area contributed by atoms with E-state index in [1.807, 2.05) is 42.5 Å². The molecule has 4 rings (SSSR count). The van der Waals surface area contributed by atoms with Crippen LogP contribution < -0.4 is 15.7 Å². The summed E-state index contributed by atoms with van der Waals surface area (Å²) in [7, 11) is 0. The molecular formula is C19H11BrClN3O2S. The van der Waals surface area contributed by atoms with Crippen LogP contribution in [0.15, 0.2) is 62.6 Å². The minimum absolute atomic E-state index is 0.186. The monoisotopic (exact) mass is 459 g/mol. The molecule has 0 radical (unpaired) electrons. The summed E-state index contributed by atoms with van der Waals surface area (Å²) in [4.78, 5) is 29.3. The second-order valence-corrected chi connectivity index (χ2v) is 8.13. The van der Waals surface area contributed by atoms with E-state index in [9.17, 15) is 9.59 Å². The van der Waals surface area contributed by atoms with Gasteiger partial charge in [-0.05, 0) is 35.4 Å². The Hall–Kier alpha value is -2.35. The van der Waals surface area contributed by atoms with E-state index >= 15 is 0 Å². The van der Waals surface area contributed by atoms with Crippen LogP contribution in [-0.2, 0) is 6.42 Å². The van der Waals surface area contributed by atoms with Crippen LogP contribution in [0, 0.1) is 0 Å². The largest absolute Gasteiger partial charge is 0.296 e. The Morgan fingerprint density at radius 3 is 2.59 bits per heavy atom. The van der Waals surface area contributed by atoms with E-state index in [2.05, 4.69) is 26.0 Å². The quantitative estimate of drug-likeness (QED) is 0.471. The number of aromatic nitrogens is 3. The molecule has 0 N–H and O–H groups in total. The molecule has 0 aliphatic carbocycles. The molecule has 5 nitrogen and oxygen atoms in total. The fourth-order valence-corrected chi connectivity index (χ4v) is 3.96. The summed E-state index contributed by atoms with van der Waals surface area (Å²) in [5.74, 6) is 0. The summed E-state index contributed by atoms with van der Waals surface area (Å²) < 4.78 is 2.60. The summed E-state index contributed by atoms with van der Waals surface area (Å²) in [6.07, 6.45) is 1.98. The van der Waals surface area contributed by atoms with Crippen LogP contribution >= 0.6 is 38.9 Å². The number of thiazole rings is 1. The van der Waals surface area contributed by atoms with Crippen LogP contribution in [0.1, 0.15) is 16.8 Å². The van der Waals surface area contributed by atoms with E-state index in [1.165, 1.54) is 4.52 Å². The fraction of sp³-hybridized carbons (Fsp3) is 0.0526. The highest BCUT2D eigenvalue weighted by molar-refractivity contribution is 9.10. The van der Waals surface area contributed by atoms with Gasteiger partial charge in [0.15, 0.2) is 0 Å². The molecular weight excluding hydrogens is 450 g/mol. The Morgan fingerprint density at radius 2 is 1.85 bits per heavy atom. The van der Waals surface area contributed by atoms with Gasteiger partial charge < -0.3 is 0 Å². The molecule has 4 aromatic rings. The first-order chi connectivity index (χ1) is 13.0. The van der Waals surface area contributed by atoms with Crippen molar-refractivity contribution in [3.8, 4) is 0 Å². The lowest BCUT2D eigenvalue weighted by Gasteiger charge is -2.02. The molecule has 0 saturated heterocycles. The maximum Gasteiger partial charge on any atom is 0.296 e. The summed E-state index contributed by atoms with van der Waals surface area (Å²) in [5.41, 5.74) is 1.07. The Labute approximate surface area is 170 Å². The smallest absolute Gasteiger partial charge is 0.266 e. The van der Waals surface area contributed by atoms with Crippen molar-refractivity contribution in [3.05, 3.63) is 100 Å². The SMILES string of the molecule is O=c1nc2sc(=Cc3ccc(Br)cc3)c(=O)n2nc1Cc1ccccc1Cl. The van der Waals surface area contributed by atoms with Crippen LogP contribution in [0.25, 0.3) is 11.0 Å². The predicted octanol–water partition coefficient (Wildman–Crippen LogP) is 3.07. The number of hydrogen-bond acceptors (Lipinski definition) is 5. The van der Waals surface area contributed by atoms with Crippen LogP contribution in [0.2, 0.25) is 5.02 Å². The molecule has 0 unspecified atom stereocenters. The molecule has 134 valence electrons. The number of fused-ring (bicyclic) bond motifs is 1. The minimum Gasteiger partial charge on any atom is -0.266 e. The average molecular weight is 461 g/mol. The molecule has 0 saturated carbocycles. The van der Waals surface area contributed by atoms with Crippen LogP contribution in [0.5, 0.6) is 0 Å². The standard InChI is InChI=1S/C19H11BrClN3O2S/c20-13-7-5-11(6-8-13)9-16-18(26)24-19(27-16)22-17(25)15(23-24)10-12-3-1-2-4-14(12)21/h1-9H,10H2. The van der Waals surface area contributed by atoms with E-state index < -0.39 is 5.56 Å². The molecule has 0 atom stereocenters. The lowest BCUT2D eigenvalue weighted by atomic mass is 10.1. The zero-order valence-electron chi connectivity index (χ0n) is 13.7. The minimum atomic E-state index is -0.452. The van der Waals surface area contributed by atoms with Gasteiger partial charge in [0.1, 0.15) is 5.69 Å². The molecule has 8 heteroatoms. The first-order valence-electron chi connectivity index (χ1n) is 7.95. The molecule has 0 fully saturated rings. The fourth-order valence-electron chi connectivity index (χ4n) is 2.58. The van der Waals surface area contributed by atoms with Crippen molar-refractivity contribution >= 4 is 49.9 Å². The number of hydrogen-bond donors (Lipinski definition) is 0. The third-order valence-corrected chi connectivity index (χ3v) is 5.79. The number of benzene rings is 2. The highest BCUT2D eigenvalue weighted by Gasteiger charge is 2.12. The first kappa shape index (κ1) is 18.0. The summed E-state index contributed by atoms with van der Waals surface area (Å²) in [6, 6.07) is 14.8. The van der Waals surface area contributed by atoms with E-state index in [-0.39, 0.29) is 22.6 Å². The first-order valence-corrected chi connectivity index (χ1v) is 9.93. The van der Waals surface area contributed by atoms with Crippen LogP contribution in [0.4, 0.5) is 0 Å². The summed E-state index contributed by atoms with van der Waals surface area (Å²) in [5, 5.41) is 4.78. The molecule has 2 heterocycles. The topological polar surface area (TPSA) is 64.3 Å². The van der Waals surface area contributed by atoms with Gasteiger partial charge in [-0.2, -0.15) is 14.6 Å². The van der Waals surface area contributed by atoms with Crippen molar-refractivity contribution < 1.29 is 0 Å². The van der Waals surface area contributed by atoms with Crippen LogP contribution in [-0.4, -0.2) is 14.6 Å². The van der Waals surface area contributed by atoms with Gasteiger partial charge in [-0.25, -0.2) is 0 Å². The summed E-state index contributed by atoms with van der Waals surface area (Å²) >= 11 is 10.7. The predicted molar refractivity (Wildman–Crippen MR) is 111 cm³/mol. The highest BCUT2D eigenvalue weighted by Crippen LogP contribution is 2.17. The normalized spacial score (nSPS) is 12.0. The molecule has 0 spiro atoms. The van der Waals surface area contributed by atoms with Gasteiger partial charge in [0.25, 0.3) is 11.1 Å². The van der Waals surface area contributed by atoms with E-state index in [1.54, 1.807) is 12.1 Å². The zero-order valence-corrected chi connectivity index (χ0v) is 16.9. The van der Waals surface area contributed by atoms with Gasteiger partial charge in [-0.3, -0.25) is 9.59 Å². The van der Waals surface area contributed by atoms with Crippen molar-refractivity contribution in [3.63, 3.8) is 0 Å². The second-order valence-electron chi connectivity index (χ2n) is 5.79. The highest BCUT2D eigenvalue weighted by atomic mass is 79.9. The molecule has 0 bridgehead atoms. The maximum absolute atomic E-state index is 12.7. The van der Waals surface area contributed by atoms with Gasteiger partial charge in [-0.15, -0.1) is 0 Å². The Balaban J connectivity index is 1.82. The van der Waals surface area contributed by atoms with E-state index in [0.717, 1.165) is 26.9 Å². The van der Waals surface area contributed by atoms with Crippen LogP contribution in [0.3, 0.4) is 0 Å². The number of rotatable bonds is 3. The lowest BCUT2D eigenvalue weighted by molar-refractivity contribution is 0.811. The van der Waals surface area contributed by atoms with Crippen molar-refractivity contribution in [2.75, 3.05) is 0 Å². The molecule has 0 amide bonds. The Morgan fingerprint density at radius 1 is 1.11 bits per heavy atom. The van der Waals surface area contributed by atoms with Gasteiger partial charge >= 0.3 is 0 Å². The second kappa shape index (κ2) is 7.34. The zero-order chi connectivity index (χ0) is 19.0. The van der Waals surface area contributed by atoms with Gasteiger partial charge in [0.05, 0.1) is 4.53 Å². The lowest BCUT2D eigenvalue weighted by Crippen LogP contribution is -2.28. The third-order valence-electron chi connectivity index (χ3n) is 3.93. The average Bonchev–Trinajstić information content (AvgIpc) is 2.94. The maximum atomic E-state index is 12.7. The van der Waals surface area contributed by atoms with Gasteiger partial charge in [-0.1, -0.05) is 69.2 Å². The number of nitrogens with zero attached hydrogens (tertiary/aromatic N) is 3. The number of halogens is 2. The van der Waals surface area contributed by atoms with Gasteiger partial charge in [0, 0.05) is 15.9 Å². The Bertz CT molecular complexity index is 1320. The molecule has 0 aliphatic rings. The molecule has 2 aromatic heterocycles. The van der Waals surface area contributed by atoms with E-state index in [4.69, 9.17) is 11.6 Å². The van der Waals surface area contributed by atoms with Crippen molar-refractivity contribution in [2.45, 2.75) is 6.42 Å². The molecule has 0 aliphatic heterocycles. The van der Waals surface area contributed by atoms with Crippen molar-refractivity contribution in [1.82, 2.24) is 14.6 Å². The van der Waals surface area contributed by atoms with E-state index in [0.29, 0.717) is 9.55 Å². The summed E-state index contributed by atoms with van der Waals surface area (Å²) in [6.45, 7) is 0.